The zero-order valence-electron chi connectivity index (χ0n) is 20.5. The molecule has 10 heteroatoms. The number of thioether (sulfide) groups is 1. The molecule has 3 atom stereocenters. The molecule has 2 aromatic carbocycles. The predicted molar refractivity (Wildman–Crippen MR) is 146 cm³/mol. The SMILES string of the molecule is Cc1ccc(NC(=O)Cn2c3c(sc2=O)C(c2ccco2)C2C(=O)N(c4ccc(C)cc4)C(=O)C2S3)cc1. The van der Waals surface area contributed by atoms with Gasteiger partial charge in [-0.05, 0) is 50.2 Å². The quantitative estimate of drug-likeness (QED) is 0.369. The zero-order valence-corrected chi connectivity index (χ0v) is 22.2. The molecule has 8 nitrogen and oxygen atoms in total. The highest BCUT2D eigenvalue weighted by molar-refractivity contribution is 8.00. The maximum Gasteiger partial charge on any atom is 0.308 e. The summed E-state index contributed by atoms with van der Waals surface area (Å²) in [6.07, 6.45) is 1.51. The number of furan rings is 1. The van der Waals surface area contributed by atoms with Gasteiger partial charge in [-0.2, -0.15) is 0 Å². The summed E-state index contributed by atoms with van der Waals surface area (Å²) in [6, 6.07) is 18.1. The summed E-state index contributed by atoms with van der Waals surface area (Å²) in [5.74, 6) is -1.87. The number of nitrogens with zero attached hydrogens (tertiary/aromatic N) is 2. The van der Waals surface area contributed by atoms with E-state index in [-0.39, 0.29) is 29.1 Å². The third-order valence-electron chi connectivity index (χ3n) is 6.83. The van der Waals surface area contributed by atoms with E-state index in [0.29, 0.717) is 27.0 Å². The van der Waals surface area contributed by atoms with E-state index in [1.54, 1.807) is 36.4 Å². The van der Waals surface area contributed by atoms with Crippen LogP contribution in [0.25, 0.3) is 0 Å². The Hall–Kier alpha value is -3.89. The molecule has 4 aromatic rings. The van der Waals surface area contributed by atoms with E-state index in [1.807, 2.05) is 38.1 Å². The van der Waals surface area contributed by atoms with Gasteiger partial charge in [0.15, 0.2) is 0 Å². The predicted octanol–water partition coefficient (Wildman–Crippen LogP) is 4.55. The van der Waals surface area contributed by atoms with Gasteiger partial charge in [0.25, 0.3) is 0 Å². The van der Waals surface area contributed by atoms with E-state index in [1.165, 1.54) is 27.5 Å². The van der Waals surface area contributed by atoms with Crippen LogP contribution in [-0.2, 0) is 20.9 Å². The average molecular weight is 546 g/mol. The highest BCUT2D eigenvalue weighted by atomic mass is 32.2. The number of carbonyl (C=O) groups is 3. The largest absolute Gasteiger partial charge is 0.469 e. The summed E-state index contributed by atoms with van der Waals surface area (Å²) in [5.41, 5.74) is 3.22. The summed E-state index contributed by atoms with van der Waals surface area (Å²) in [4.78, 5) is 55.0. The van der Waals surface area contributed by atoms with Gasteiger partial charge in [-0.15, -0.1) is 0 Å². The molecule has 2 aliphatic heterocycles. The number of benzene rings is 2. The monoisotopic (exact) mass is 545 g/mol. The second kappa shape index (κ2) is 9.45. The van der Waals surface area contributed by atoms with Gasteiger partial charge in [0, 0.05) is 5.69 Å². The van der Waals surface area contributed by atoms with Crippen LogP contribution in [0.2, 0.25) is 0 Å². The van der Waals surface area contributed by atoms with Crippen molar-refractivity contribution in [2.45, 2.75) is 36.6 Å². The summed E-state index contributed by atoms with van der Waals surface area (Å²) in [7, 11) is 0. The van der Waals surface area contributed by atoms with Crippen LogP contribution in [0.3, 0.4) is 0 Å². The summed E-state index contributed by atoms with van der Waals surface area (Å²) < 4.78 is 7.12. The molecule has 2 aromatic heterocycles. The fourth-order valence-electron chi connectivity index (χ4n) is 4.96. The van der Waals surface area contributed by atoms with E-state index in [9.17, 15) is 19.2 Å². The number of aryl methyl sites for hydroxylation is 2. The third-order valence-corrected chi connectivity index (χ3v) is 9.43. The van der Waals surface area contributed by atoms with E-state index in [0.717, 1.165) is 22.5 Å². The highest BCUT2D eigenvalue weighted by Crippen LogP contribution is 2.53. The lowest BCUT2D eigenvalue weighted by Crippen LogP contribution is -2.32. The maximum atomic E-state index is 13.8. The second-order valence-electron chi connectivity index (χ2n) is 9.44. The van der Waals surface area contributed by atoms with Gasteiger partial charge < -0.3 is 9.73 Å². The molecule has 3 unspecified atom stereocenters. The number of rotatable bonds is 5. The Morgan fingerprint density at radius 3 is 2.29 bits per heavy atom. The van der Waals surface area contributed by atoms with Crippen molar-refractivity contribution in [3.8, 4) is 0 Å². The van der Waals surface area contributed by atoms with Crippen LogP contribution >= 0.6 is 23.1 Å². The Balaban J connectivity index is 1.38. The van der Waals surface area contributed by atoms with Gasteiger partial charge in [-0.1, -0.05) is 58.5 Å². The first-order chi connectivity index (χ1) is 18.3. The van der Waals surface area contributed by atoms with Crippen LogP contribution in [0, 0.1) is 19.8 Å². The van der Waals surface area contributed by atoms with Crippen molar-refractivity contribution in [1.29, 1.82) is 0 Å². The normalized spacial score (nSPS) is 20.4. The summed E-state index contributed by atoms with van der Waals surface area (Å²) >= 11 is 2.17. The highest BCUT2D eigenvalue weighted by Gasteiger charge is 2.57. The van der Waals surface area contributed by atoms with Crippen LogP contribution in [0.5, 0.6) is 0 Å². The molecule has 0 radical (unpaired) electrons. The molecular weight excluding hydrogens is 522 g/mol. The molecule has 4 heterocycles. The molecule has 0 spiro atoms. The molecule has 3 amide bonds. The number of hydrogen-bond donors (Lipinski definition) is 1. The third kappa shape index (κ3) is 4.10. The second-order valence-corrected chi connectivity index (χ2v) is 11.6. The minimum Gasteiger partial charge on any atom is -0.469 e. The molecule has 0 aliphatic carbocycles. The molecule has 1 fully saturated rings. The van der Waals surface area contributed by atoms with Gasteiger partial charge in [0.1, 0.15) is 17.6 Å². The van der Waals surface area contributed by atoms with Gasteiger partial charge in [0.05, 0.1) is 33.7 Å². The van der Waals surface area contributed by atoms with Crippen molar-refractivity contribution in [3.05, 3.63) is 98.4 Å². The van der Waals surface area contributed by atoms with Crippen LogP contribution in [0.4, 0.5) is 11.4 Å². The fourth-order valence-corrected chi connectivity index (χ4v) is 7.71. The van der Waals surface area contributed by atoms with Crippen LogP contribution in [0.15, 0.2) is 81.2 Å². The van der Waals surface area contributed by atoms with Crippen molar-refractivity contribution < 1.29 is 18.8 Å². The van der Waals surface area contributed by atoms with Crippen molar-refractivity contribution in [1.82, 2.24) is 4.57 Å². The molecule has 2 aliphatic rings. The Morgan fingerprint density at radius 1 is 0.947 bits per heavy atom. The molecule has 6 rings (SSSR count). The number of carbonyl (C=O) groups excluding carboxylic acids is 3. The summed E-state index contributed by atoms with van der Waals surface area (Å²) in [5, 5.41) is 2.59. The smallest absolute Gasteiger partial charge is 0.308 e. The number of anilines is 2. The molecule has 38 heavy (non-hydrogen) atoms. The van der Waals surface area contributed by atoms with Crippen molar-refractivity contribution in [2.24, 2.45) is 5.92 Å². The van der Waals surface area contributed by atoms with E-state index >= 15 is 0 Å². The molecular formula is C28H23N3O5S2. The van der Waals surface area contributed by atoms with Crippen molar-refractivity contribution in [2.75, 3.05) is 10.2 Å². The fraction of sp³-hybridized carbons (Fsp3) is 0.214. The average Bonchev–Trinajstić information content (AvgIpc) is 3.59. The van der Waals surface area contributed by atoms with E-state index in [4.69, 9.17) is 4.42 Å². The van der Waals surface area contributed by atoms with Crippen LogP contribution in [-0.4, -0.2) is 27.5 Å². The minimum absolute atomic E-state index is 0.211. The first-order valence-electron chi connectivity index (χ1n) is 12.1. The van der Waals surface area contributed by atoms with Gasteiger partial charge in [0.2, 0.25) is 17.7 Å². The summed E-state index contributed by atoms with van der Waals surface area (Å²) in [6.45, 7) is 3.68. The first-order valence-corrected chi connectivity index (χ1v) is 13.8. The number of hydrogen-bond acceptors (Lipinski definition) is 7. The molecule has 1 N–H and O–H groups in total. The van der Waals surface area contributed by atoms with Gasteiger partial charge in [-0.3, -0.25) is 23.7 Å². The van der Waals surface area contributed by atoms with Crippen LogP contribution in [0.1, 0.15) is 27.7 Å². The van der Waals surface area contributed by atoms with E-state index in [2.05, 4.69) is 5.32 Å². The number of nitrogens with one attached hydrogen (secondary N) is 1. The lowest BCUT2D eigenvalue weighted by Gasteiger charge is -2.29. The molecule has 192 valence electrons. The zero-order chi connectivity index (χ0) is 26.6. The lowest BCUT2D eigenvalue weighted by atomic mass is 9.87. The first kappa shape index (κ1) is 24.4. The number of aromatic nitrogens is 1. The number of imide groups is 1. The molecule has 1 saturated heterocycles. The Kier molecular flexibility index (Phi) is 6.08. The minimum atomic E-state index is -0.758. The standard InChI is InChI=1S/C28H23N3O5S2/c1-15-5-9-17(10-6-15)29-20(32)14-30-27-24(38-28(30)35)21(19-4-3-13-36-19)22-23(37-27)26(34)31(25(22)33)18-11-7-16(2)8-12-18/h3-13,21-23H,14H2,1-2H3,(H,29,32). The number of amides is 3. The van der Waals surface area contributed by atoms with Gasteiger partial charge in [-0.25, -0.2) is 4.90 Å². The van der Waals surface area contributed by atoms with Crippen molar-refractivity contribution >= 4 is 52.2 Å². The van der Waals surface area contributed by atoms with E-state index < -0.39 is 17.1 Å². The number of thiazole rings is 1. The van der Waals surface area contributed by atoms with Crippen LogP contribution < -0.4 is 15.1 Å². The topological polar surface area (TPSA) is 102 Å². The molecule has 0 saturated carbocycles. The lowest BCUT2D eigenvalue weighted by molar-refractivity contribution is -0.122. The Morgan fingerprint density at radius 2 is 1.63 bits per heavy atom. The molecule has 0 bridgehead atoms. The Labute approximate surface area is 226 Å². The Bertz CT molecular complexity index is 1600. The van der Waals surface area contributed by atoms with Gasteiger partial charge >= 0.3 is 4.87 Å². The van der Waals surface area contributed by atoms with Crippen molar-refractivity contribution in [3.63, 3.8) is 0 Å². The number of fused-ring (bicyclic) bond motifs is 2. The maximum absolute atomic E-state index is 13.8.